The Bertz CT molecular complexity index is 356. The first kappa shape index (κ1) is 23.8. The van der Waals surface area contributed by atoms with E-state index < -0.39 is 0 Å². The molecule has 0 bridgehead atoms. The molecule has 0 aromatic carbocycles. The molecule has 0 spiro atoms. The van der Waals surface area contributed by atoms with E-state index in [2.05, 4.69) is 17.6 Å². The van der Waals surface area contributed by atoms with Crippen LogP contribution in [0, 0.1) is 5.41 Å². The third-order valence-electron chi connectivity index (χ3n) is 3.28. The Hall–Kier alpha value is -1.18. The molecule has 25 heavy (non-hydrogen) atoms. The van der Waals surface area contributed by atoms with Gasteiger partial charge in [-0.1, -0.05) is 34.1 Å². The van der Waals surface area contributed by atoms with Crippen LogP contribution in [0.2, 0.25) is 0 Å². The Morgan fingerprint density at radius 1 is 0.800 bits per heavy atom. The minimum Gasteiger partial charge on any atom is -0.377 e. The number of hydrogen-bond donors (Lipinski definition) is 2. The standard InChI is InChI=1S/C18H36N2O5/c1-5-6-7-16(21)19-8-10-23-12-14-25-15-13-24-11-9-20-17(22)18(2,3)4/h5-15H2,1-4H3,(H,19,21)(H,20,22). The van der Waals surface area contributed by atoms with Crippen molar-refractivity contribution >= 4 is 11.8 Å². The summed E-state index contributed by atoms with van der Waals surface area (Å²) in [5, 5.41) is 5.63. The molecule has 0 aromatic heterocycles. The summed E-state index contributed by atoms with van der Waals surface area (Å²) in [6.45, 7) is 11.6. The smallest absolute Gasteiger partial charge is 0.225 e. The van der Waals surface area contributed by atoms with E-state index in [1.165, 1.54) is 0 Å². The van der Waals surface area contributed by atoms with Gasteiger partial charge in [-0.15, -0.1) is 0 Å². The number of unbranched alkanes of at least 4 members (excludes halogenated alkanes) is 1. The zero-order valence-corrected chi connectivity index (χ0v) is 16.3. The second kappa shape index (κ2) is 15.1. The molecule has 0 unspecified atom stereocenters. The molecule has 0 aliphatic heterocycles. The first-order valence-corrected chi connectivity index (χ1v) is 9.16. The van der Waals surface area contributed by atoms with Gasteiger partial charge in [-0.25, -0.2) is 0 Å². The Balaban J connectivity index is 3.22. The summed E-state index contributed by atoms with van der Waals surface area (Å²) in [5.41, 5.74) is -0.374. The summed E-state index contributed by atoms with van der Waals surface area (Å²) >= 11 is 0. The van der Waals surface area contributed by atoms with Crippen LogP contribution in [0.25, 0.3) is 0 Å². The minimum absolute atomic E-state index is 0.0195. The van der Waals surface area contributed by atoms with Crippen LogP contribution >= 0.6 is 0 Å². The Morgan fingerprint density at radius 2 is 1.28 bits per heavy atom. The van der Waals surface area contributed by atoms with Crippen molar-refractivity contribution < 1.29 is 23.8 Å². The van der Waals surface area contributed by atoms with E-state index in [4.69, 9.17) is 14.2 Å². The normalized spacial score (nSPS) is 11.4. The van der Waals surface area contributed by atoms with E-state index in [1.807, 2.05) is 20.8 Å². The van der Waals surface area contributed by atoms with Crippen LogP contribution in [0.3, 0.4) is 0 Å². The highest BCUT2D eigenvalue weighted by Crippen LogP contribution is 2.11. The quantitative estimate of drug-likeness (QED) is 0.432. The average Bonchev–Trinajstić information content (AvgIpc) is 2.55. The molecule has 2 amide bonds. The predicted octanol–water partition coefficient (Wildman–Crippen LogP) is 1.50. The van der Waals surface area contributed by atoms with Crippen LogP contribution in [0.1, 0.15) is 47.0 Å². The summed E-state index contributed by atoms with van der Waals surface area (Å²) in [7, 11) is 0. The lowest BCUT2D eigenvalue weighted by Crippen LogP contribution is -2.36. The number of carbonyl (C=O) groups is 2. The molecule has 0 fully saturated rings. The van der Waals surface area contributed by atoms with Gasteiger partial charge in [-0.3, -0.25) is 9.59 Å². The monoisotopic (exact) mass is 360 g/mol. The number of carbonyl (C=O) groups excluding carboxylic acids is 2. The van der Waals surface area contributed by atoms with E-state index >= 15 is 0 Å². The van der Waals surface area contributed by atoms with Gasteiger partial charge < -0.3 is 24.8 Å². The van der Waals surface area contributed by atoms with Gasteiger partial charge in [0.05, 0.1) is 39.6 Å². The minimum atomic E-state index is -0.374. The lowest BCUT2D eigenvalue weighted by atomic mass is 9.96. The van der Waals surface area contributed by atoms with Crippen molar-refractivity contribution in [3.8, 4) is 0 Å². The second-order valence-electron chi connectivity index (χ2n) is 6.80. The predicted molar refractivity (Wildman–Crippen MR) is 97.5 cm³/mol. The van der Waals surface area contributed by atoms with Gasteiger partial charge in [-0.2, -0.15) is 0 Å². The van der Waals surface area contributed by atoms with Gasteiger partial charge in [0, 0.05) is 24.9 Å². The Kier molecular flexibility index (Phi) is 14.4. The fraction of sp³-hybridized carbons (Fsp3) is 0.889. The van der Waals surface area contributed by atoms with Crippen molar-refractivity contribution in [1.29, 1.82) is 0 Å². The maximum Gasteiger partial charge on any atom is 0.225 e. The van der Waals surface area contributed by atoms with E-state index in [1.54, 1.807) is 0 Å². The van der Waals surface area contributed by atoms with Crippen LogP contribution in [0.15, 0.2) is 0 Å². The van der Waals surface area contributed by atoms with Crippen molar-refractivity contribution in [1.82, 2.24) is 10.6 Å². The number of rotatable bonds is 15. The molecule has 0 saturated heterocycles. The van der Waals surface area contributed by atoms with Crippen LogP contribution < -0.4 is 10.6 Å². The lowest BCUT2D eigenvalue weighted by Gasteiger charge is -2.17. The number of hydrogen-bond acceptors (Lipinski definition) is 5. The van der Waals surface area contributed by atoms with Gasteiger partial charge >= 0.3 is 0 Å². The highest BCUT2D eigenvalue weighted by molar-refractivity contribution is 5.81. The molecule has 7 nitrogen and oxygen atoms in total. The molecule has 0 atom stereocenters. The highest BCUT2D eigenvalue weighted by Gasteiger charge is 2.20. The first-order valence-electron chi connectivity index (χ1n) is 9.16. The molecule has 0 heterocycles. The molecule has 0 aromatic rings. The first-order chi connectivity index (χ1) is 11.9. The number of nitrogens with one attached hydrogen (secondary N) is 2. The maximum absolute atomic E-state index is 11.6. The molecular weight excluding hydrogens is 324 g/mol. The van der Waals surface area contributed by atoms with Crippen LogP contribution in [0.4, 0.5) is 0 Å². The van der Waals surface area contributed by atoms with Crippen molar-refractivity contribution in [3.63, 3.8) is 0 Å². The van der Waals surface area contributed by atoms with Crippen molar-refractivity contribution in [2.75, 3.05) is 52.7 Å². The van der Waals surface area contributed by atoms with Gasteiger partial charge in [0.15, 0.2) is 0 Å². The zero-order chi connectivity index (χ0) is 19.0. The largest absolute Gasteiger partial charge is 0.377 e. The molecule has 148 valence electrons. The lowest BCUT2D eigenvalue weighted by molar-refractivity contribution is -0.128. The van der Waals surface area contributed by atoms with Gasteiger partial charge in [-0.05, 0) is 6.42 Å². The van der Waals surface area contributed by atoms with E-state index in [9.17, 15) is 9.59 Å². The molecule has 0 saturated carbocycles. The SMILES string of the molecule is CCCCC(=O)NCCOCCOCCOCCNC(=O)C(C)(C)C. The summed E-state index contributed by atoms with van der Waals surface area (Å²) in [4.78, 5) is 22.9. The van der Waals surface area contributed by atoms with Crippen molar-refractivity contribution in [3.05, 3.63) is 0 Å². The van der Waals surface area contributed by atoms with Crippen LogP contribution in [-0.4, -0.2) is 64.5 Å². The van der Waals surface area contributed by atoms with E-state index in [0.717, 1.165) is 12.8 Å². The summed E-state index contributed by atoms with van der Waals surface area (Å²) in [5.74, 6) is 0.101. The second-order valence-corrected chi connectivity index (χ2v) is 6.80. The Labute approximate surface area is 152 Å². The average molecular weight is 360 g/mol. The number of amides is 2. The summed E-state index contributed by atoms with van der Waals surface area (Å²) < 4.78 is 16.1. The zero-order valence-electron chi connectivity index (χ0n) is 16.3. The summed E-state index contributed by atoms with van der Waals surface area (Å²) in [6, 6.07) is 0. The number of ether oxygens (including phenoxy) is 3. The summed E-state index contributed by atoms with van der Waals surface area (Å²) in [6.07, 6.45) is 2.53. The van der Waals surface area contributed by atoms with Gasteiger partial charge in [0.2, 0.25) is 11.8 Å². The fourth-order valence-corrected chi connectivity index (χ4v) is 1.73. The van der Waals surface area contributed by atoms with Crippen molar-refractivity contribution in [2.24, 2.45) is 5.41 Å². The van der Waals surface area contributed by atoms with Crippen molar-refractivity contribution in [2.45, 2.75) is 47.0 Å². The molecular formula is C18H36N2O5. The van der Waals surface area contributed by atoms with E-state index in [0.29, 0.717) is 59.2 Å². The fourth-order valence-electron chi connectivity index (χ4n) is 1.73. The van der Waals surface area contributed by atoms with Crippen LogP contribution in [0.5, 0.6) is 0 Å². The van der Waals surface area contributed by atoms with E-state index in [-0.39, 0.29) is 17.2 Å². The molecule has 0 aliphatic carbocycles. The third-order valence-corrected chi connectivity index (χ3v) is 3.28. The molecule has 0 rings (SSSR count). The molecule has 2 N–H and O–H groups in total. The van der Waals surface area contributed by atoms with Gasteiger partial charge in [0.25, 0.3) is 0 Å². The Morgan fingerprint density at radius 3 is 1.76 bits per heavy atom. The third kappa shape index (κ3) is 16.1. The highest BCUT2D eigenvalue weighted by atomic mass is 16.5. The molecule has 0 aliphatic rings. The van der Waals surface area contributed by atoms with Crippen LogP contribution in [-0.2, 0) is 23.8 Å². The molecule has 0 radical (unpaired) electrons. The topological polar surface area (TPSA) is 85.9 Å². The van der Waals surface area contributed by atoms with Gasteiger partial charge in [0.1, 0.15) is 0 Å². The maximum atomic E-state index is 11.6. The molecule has 7 heteroatoms.